The smallest absolute Gasteiger partial charge is 0.332 e. The number of anilines is 1. The van der Waals surface area contributed by atoms with Crippen LogP contribution < -0.4 is 4.90 Å². The van der Waals surface area contributed by atoms with Gasteiger partial charge in [-0.3, -0.25) is 19.4 Å². The van der Waals surface area contributed by atoms with Crippen LogP contribution >= 0.6 is 0 Å². The summed E-state index contributed by atoms with van der Waals surface area (Å²) in [6.45, 7) is 3.17. The second-order valence-electron chi connectivity index (χ2n) is 8.09. The highest BCUT2D eigenvalue weighted by molar-refractivity contribution is 6.15. The number of rotatable bonds is 5. The van der Waals surface area contributed by atoms with Crippen molar-refractivity contribution in [2.75, 3.05) is 11.4 Å². The molecule has 2 aliphatic rings. The summed E-state index contributed by atoms with van der Waals surface area (Å²) in [4.78, 5) is 41.7. The van der Waals surface area contributed by atoms with Crippen LogP contribution in [-0.4, -0.2) is 46.1 Å². The molecule has 0 spiro atoms. The first kappa shape index (κ1) is 20.7. The van der Waals surface area contributed by atoms with Gasteiger partial charge in [0.2, 0.25) is 0 Å². The van der Waals surface area contributed by atoms with E-state index in [1.165, 1.54) is 22.4 Å². The monoisotopic (exact) mass is 446 g/mol. The van der Waals surface area contributed by atoms with Crippen molar-refractivity contribution < 1.29 is 23.2 Å². The minimum atomic E-state index is -0.713. The molecule has 4 amide bonds. The van der Waals surface area contributed by atoms with Crippen molar-refractivity contribution in [3.63, 3.8) is 0 Å². The highest BCUT2D eigenvalue weighted by atomic mass is 16.3. The molecule has 0 unspecified atom stereocenters. The van der Waals surface area contributed by atoms with Crippen molar-refractivity contribution in [1.29, 1.82) is 0 Å². The predicted molar refractivity (Wildman–Crippen MR) is 118 cm³/mol. The van der Waals surface area contributed by atoms with Crippen LogP contribution in [0.1, 0.15) is 36.5 Å². The molecule has 1 fully saturated rings. The lowest BCUT2D eigenvalue weighted by Crippen LogP contribution is -2.42. The molecule has 3 aromatic rings. The quantitative estimate of drug-likeness (QED) is 0.556. The molecule has 0 aliphatic carbocycles. The third kappa shape index (κ3) is 3.61. The summed E-state index contributed by atoms with van der Waals surface area (Å²) >= 11 is 0. The van der Waals surface area contributed by atoms with E-state index in [2.05, 4.69) is 5.10 Å². The highest BCUT2D eigenvalue weighted by Crippen LogP contribution is 2.34. The fourth-order valence-electron chi connectivity index (χ4n) is 4.15. The van der Waals surface area contributed by atoms with E-state index >= 15 is 0 Å². The van der Waals surface area contributed by atoms with Gasteiger partial charge < -0.3 is 8.83 Å². The number of nitrogens with zero attached hydrogens (tertiary/aromatic N) is 4. The molecular formula is C24H22N4O5. The zero-order valence-electron chi connectivity index (χ0n) is 18.2. The van der Waals surface area contributed by atoms with Gasteiger partial charge in [-0.2, -0.15) is 5.10 Å². The van der Waals surface area contributed by atoms with E-state index in [0.717, 1.165) is 10.5 Å². The van der Waals surface area contributed by atoms with Crippen molar-refractivity contribution in [2.45, 2.75) is 32.4 Å². The van der Waals surface area contributed by atoms with E-state index in [4.69, 9.17) is 8.83 Å². The van der Waals surface area contributed by atoms with Gasteiger partial charge in [-0.15, -0.1) is 0 Å². The lowest BCUT2D eigenvalue weighted by atomic mass is 10.1. The standard InChI is InChI=1S/C24H22N4O5/c1-15-7-9-17(10-8-15)27-16(2)23(30)26(24(27)31)14-22(29)28-19(21-6-4-12-33-21)13-18(25-28)20-5-3-11-32-20/h3-12,16,19H,13-14H2,1-2H3/t16-,19-/m0/s1. The van der Waals surface area contributed by atoms with Crippen LogP contribution in [0.2, 0.25) is 0 Å². The largest absolute Gasteiger partial charge is 0.467 e. The Morgan fingerprint density at radius 2 is 1.79 bits per heavy atom. The number of carbonyl (C=O) groups is 3. The molecule has 4 heterocycles. The van der Waals surface area contributed by atoms with Crippen molar-refractivity contribution in [3.05, 3.63) is 78.1 Å². The summed E-state index contributed by atoms with van der Waals surface area (Å²) in [6.07, 6.45) is 3.45. The van der Waals surface area contributed by atoms with Gasteiger partial charge in [0.1, 0.15) is 35.9 Å². The number of urea groups is 1. The molecule has 2 atom stereocenters. The molecular weight excluding hydrogens is 424 g/mol. The molecule has 0 bridgehead atoms. The Labute approximate surface area is 189 Å². The zero-order chi connectivity index (χ0) is 23.1. The molecule has 9 nitrogen and oxygen atoms in total. The van der Waals surface area contributed by atoms with Crippen molar-refractivity contribution in [3.8, 4) is 0 Å². The highest BCUT2D eigenvalue weighted by Gasteiger charge is 2.46. The van der Waals surface area contributed by atoms with Crippen LogP contribution in [0.25, 0.3) is 0 Å². The maximum atomic E-state index is 13.3. The van der Waals surface area contributed by atoms with E-state index in [1.807, 2.05) is 19.1 Å². The Morgan fingerprint density at radius 3 is 2.45 bits per heavy atom. The van der Waals surface area contributed by atoms with E-state index in [-0.39, 0.29) is 0 Å². The van der Waals surface area contributed by atoms with Crippen molar-refractivity contribution in [2.24, 2.45) is 5.10 Å². The van der Waals surface area contributed by atoms with Crippen LogP contribution in [0.4, 0.5) is 10.5 Å². The first-order valence-electron chi connectivity index (χ1n) is 10.6. The third-order valence-corrected chi connectivity index (χ3v) is 5.90. The van der Waals surface area contributed by atoms with Gasteiger partial charge in [0.15, 0.2) is 0 Å². The Morgan fingerprint density at radius 1 is 1.06 bits per heavy atom. The summed E-state index contributed by atoms with van der Waals surface area (Å²) in [5.41, 5.74) is 2.23. The predicted octanol–water partition coefficient (Wildman–Crippen LogP) is 3.72. The molecule has 2 aromatic heterocycles. The van der Waals surface area contributed by atoms with Gasteiger partial charge in [0.25, 0.3) is 11.8 Å². The second kappa shape index (κ2) is 8.09. The van der Waals surface area contributed by atoms with E-state index in [0.29, 0.717) is 29.3 Å². The molecule has 9 heteroatoms. The normalized spacial score (nSPS) is 20.7. The molecule has 33 heavy (non-hydrogen) atoms. The SMILES string of the molecule is Cc1ccc(N2C(=O)N(CC(=O)N3N=C(c4ccco4)C[C@H]3c3ccco3)C(=O)[C@@H]2C)cc1. The average molecular weight is 446 g/mol. The number of hydrogen-bond donors (Lipinski definition) is 0. The number of hydrazone groups is 1. The average Bonchev–Trinajstić information content (AvgIpc) is 3.60. The lowest BCUT2D eigenvalue weighted by Gasteiger charge is -2.22. The Bertz CT molecular complexity index is 1210. The fourth-order valence-corrected chi connectivity index (χ4v) is 4.15. The summed E-state index contributed by atoms with van der Waals surface area (Å²) < 4.78 is 11.0. The number of hydrogen-bond acceptors (Lipinski definition) is 6. The van der Waals surface area contributed by atoms with Gasteiger partial charge in [-0.1, -0.05) is 17.7 Å². The Kier molecular flexibility index (Phi) is 5.08. The molecule has 0 radical (unpaired) electrons. The number of carbonyl (C=O) groups excluding carboxylic acids is 3. The maximum absolute atomic E-state index is 13.3. The van der Waals surface area contributed by atoms with E-state index < -0.39 is 36.5 Å². The van der Waals surface area contributed by atoms with Gasteiger partial charge in [-0.05, 0) is 50.2 Å². The molecule has 168 valence electrons. The number of aryl methyl sites for hydroxylation is 1. The molecule has 1 aromatic carbocycles. The van der Waals surface area contributed by atoms with Crippen LogP contribution in [0.5, 0.6) is 0 Å². The molecule has 2 aliphatic heterocycles. The number of furan rings is 2. The van der Waals surface area contributed by atoms with Gasteiger partial charge >= 0.3 is 6.03 Å². The molecule has 5 rings (SSSR count). The van der Waals surface area contributed by atoms with Crippen LogP contribution in [0.15, 0.2) is 75.0 Å². The fraction of sp³-hybridized carbons (Fsp3) is 0.250. The van der Waals surface area contributed by atoms with Gasteiger partial charge in [0, 0.05) is 12.1 Å². The molecule has 1 saturated heterocycles. The van der Waals surface area contributed by atoms with Gasteiger partial charge in [-0.25, -0.2) is 9.80 Å². The zero-order valence-corrected chi connectivity index (χ0v) is 18.2. The number of imide groups is 1. The Hall–Kier alpha value is -4.14. The minimum absolute atomic E-state index is 0.389. The minimum Gasteiger partial charge on any atom is -0.467 e. The third-order valence-electron chi connectivity index (χ3n) is 5.90. The topological polar surface area (TPSA) is 99.6 Å². The molecule has 0 N–H and O–H groups in total. The first-order valence-corrected chi connectivity index (χ1v) is 10.6. The lowest BCUT2D eigenvalue weighted by molar-refractivity contribution is -0.138. The summed E-state index contributed by atoms with van der Waals surface area (Å²) in [6, 6.07) is 12.6. The van der Waals surface area contributed by atoms with Crippen molar-refractivity contribution >= 4 is 29.2 Å². The summed E-state index contributed by atoms with van der Waals surface area (Å²) in [7, 11) is 0. The number of amides is 4. The van der Waals surface area contributed by atoms with E-state index in [1.54, 1.807) is 43.3 Å². The van der Waals surface area contributed by atoms with Crippen molar-refractivity contribution in [1.82, 2.24) is 9.91 Å². The van der Waals surface area contributed by atoms with Crippen LogP contribution in [-0.2, 0) is 9.59 Å². The number of benzene rings is 1. The molecule has 0 saturated carbocycles. The summed E-state index contributed by atoms with van der Waals surface area (Å²) in [5, 5.41) is 5.72. The first-order chi connectivity index (χ1) is 15.9. The maximum Gasteiger partial charge on any atom is 0.332 e. The van der Waals surface area contributed by atoms with Crippen LogP contribution in [0.3, 0.4) is 0 Å². The summed E-state index contributed by atoms with van der Waals surface area (Å²) in [5.74, 6) is 0.187. The van der Waals surface area contributed by atoms with Crippen LogP contribution in [0, 0.1) is 6.92 Å². The second-order valence-corrected chi connectivity index (χ2v) is 8.09. The van der Waals surface area contributed by atoms with E-state index in [9.17, 15) is 14.4 Å². The Balaban J connectivity index is 1.39. The van der Waals surface area contributed by atoms with Gasteiger partial charge in [0.05, 0.1) is 12.5 Å².